The quantitative estimate of drug-likeness (QED) is 0.478. The fourth-order valence-electron chi connectivity index (χ4n) is 1.60. The monoisotopic (exact) mass is 286 g/mol. The maximum Gasteiger partial charge on any atom is 0.408 e. The number of rotatable bonds is 3. The van der Waals surface area contributed by atoms with E-state index >= 15 is 0 Å². The number of aromatic nitrogens is 1. The van der Waals surface area contributed by atoms with Crippen molar-refractivity contribution >= 4 is 33.5 Å². The number of benzene rings is 1. The van der Waals surface area contributed by atoms with Crippen LogP contribution in [0.3, 0.4) is 0 Å². The Morgan fingerprint density at radius 1 is 1.30 bits per heavy atom. The average molecular weight is 286 g/mol. The van der Waals surface area contributed by atoms with Crippen molar-refractivity contribution in [3.05, 3.63) is 40.7 Å². The molecule has 1 heterocycles. The maximum atomic E-state index is 7.25. The highest BCUT2D eigenvalue weighted by Crippen LogP contribution is 2.33. The number of azo groups is 1. The molecule has 102 valence electrons. The van der Waals surface area contributed by atoms with Gasteiger partial charge < -0.3 is 4.90 Å². The molecule has 0 bridgehead atoms. The van der Waals surface area contributed by atoms with E-state index < -0.39 is 0 Å². The fourth-order valence-corrected chi connectivity index (χ4v) is 2.42. The van der Waals surface area contributed by atoms with Crippen LogP contribution < -0.4 is 9.47 Å². The predicted molar refractivity (Wildman–Crippen MR) is 81.4 cm³/mol. The van der Waals surface area contributed by atoms with Crippen molar-refractivity contribution in [2.24, 2.45) is 17.3 Å². The standard InChI is InChI=1S/C14H16N5S/c1-10-9-20-14(19(10)5)17-16-12-7-6-11(18(3)4)8-13(12)15-2/h6-9H,1,3-5H3/q+1. The van der Waals surface area contributed by atoms with Gasteiger partial charge in [0.1, 0.15) is 11.4 Å². The van der Waals surface area contributed by atoms with Crippen LogP contribution in [0.5, 0.6) is 0 Å². The van der Waals surface area contributed by atoms with E-state index in [1.54, 1.807) is 0 Å². The summed E-state index contributed by atoms with van der Waals surface area (Å²) in [6, 6.07) is 5.58. The Morgan fingerprint density at radius 3 is 2.60 bits per heavy atom. The Bertz CT molecular complexity index is 694. The summed E-state index contributed by atoms with van der Waals surface area (Å²) >= 11 is 1.53. The van der Waals surface area contributed by atoms with Crippen molar-refractivity contribution in [3.63, 3.8) is 0 Å². The van der Waals surface area contributed by atoms with Crippen LogP contribution in [0.1, 0.15) is 5.69 Å². The molecule has 0 fully saturated rings. The zero-order valence-electron chi connectivity index (χ0n) is 12.0. The highest BCUT2D eigenvalue weighted by molar-refractivity contribution is 7.12. The highest BCUT2D eigenvalue weighted by Gasteiger charge is 2.13. The summed E-state index contributed by atoms with van der Waals surface area (Å²) in [4.78, 5) is 5.48. The summed E-state index contributed by atoms with van der Waals surface area (Å²) in [5.41, 5.74) is 3.22. The van der Waals surface area contributed by atoms with Gasteiger partial charge in [0.15, 0.2) is 0 Å². The van der Waals surface area contributed by atoms with E-state index in [1.807, 2.05) is 61.1 Å². The number of aryl methyl sites for hydroxylation is 1. The van der Waals surface area contributed by atoms with E-state index in [4.69, 9.17) is 6.57 Å². The number of anilines is 1. The molecule has 20 heavy (non-hydrogen) atoms. The summed E-state index contributed by atoms with van der Waals surface area (Å²) in [6.45, 7) is 9.27. The Hall–Kier alpha value is -2.26. The summed E-state index contributed by atoms with van der Waals surface area (Å²) in [5.74, 6) is 0. The molecule has 2 rings (SSSR count). The van der Waals surface area contributed by atoms with E-state index in [-0.39, 0.29) is 0 Å². The highest BCUT2D eigenvalue weighted by atomic mass is 32.1. The third-order valence-electron chi connectivity index (χ3n) is 2.99. The van der Waals surface area contributed by atoms with Gasteiger partial charge >= 0.3 is 5.13 Å². The normalized spacial score (nSPS) is 10.8. The first-order valence-electron chi connectivity index (χ1n) is 6.07. The zero-order valence-corrected chi connectivity index (χ0v) is 12.8. The minimum atomic E-state index is 0.510. The molecule has 0 amide bonds. The number of hydrogen-bond donors (Lipinski definition) is 0. The minimum Gasteiger partial charge on any atom is -0.379 e. The number of thiazole rings is 1. The zero-order chi connectivity index (χ0) is 14.7. The maximum absolute atomic E-state index is 7.25. The molecule has 0 N–H and O–H groups in total. The van der Waals surface area contributed by atoms with E-state index in [1.165, 1.54) is 11.3 Å². The topological polar surface area (TPSA) is 36.2 Å². The Balaban J connectivity index is 2.34. The van der Waals surface area contributed by atoms with Crippen LogP contribution in [-0.4, -0.2) is 14.1 Å². The van der Waals surface area contributed by atoms with E-state index in [9.17, 15) is 0 Å². The summed E-state index contributed by atoms with van der Waals surface area (Å²) < 4.78 is 1.97. The van der Waals surface area contributed by atoms with E-state index in [0.717, 1.165) is 16.5 Å². The summed E-state index contributed by atoms with van der Waals surface area (Å²) in [5, 5.41) is 11.3. The fraction of sp³-hybridized carbons (Fsp3) is 0.286. The van der Waals surface area contributed by atoms with E-state index in [2.05, 4.69) is 15.1 Å². The molecule has 5 nitrogen and oxygen atoms in total. The third kappa shape index (κ3) is 2.83. The third-order valence-corrected chi connectivity index (χ3v) is 4.02. The summed E-state index contributed by atoms with van der Waals surface area (Å²) in [6.07, 6.45) is 0. The molecule has 0 atom stereocenters. The first kappa shape index (κ1) is 14.2. The van der Waals surface area contributed by atoms with Crippen LogP contribution in [0.2, 0.25) is 0 Å². The lowest BCUT2D eigenvalue weighted by Gasteiger charge is -2.12. The molecular formula is C14H16N5S+. The molecule has 0 aliphatic carbocycles. The second-order valence-corrected chi connectivity index (χ2v) is 5.43. The molecule has 0 aliphatic heterocycles. The van der Waals surface area contributed by atoms with E-state index in [0.29, 0.717) is 11.4 Å². The molecule has 0 radical (unpaired) electrons. The second kappa shape index (κ2) is 5.80. The lowest BCUT2D eigenvalue weighted by molar-refractivity contribution is -0.660. The minimum absolute atomic E-state index is 0.510. The molecule has 1 aromatic carbocycles. The van der Waals surface area contributed by atoms with Crippen LogP contribution in [0, 0.1) is 13.5 Å². The van der Waals surface area contributed by atoms with Crippen molar-refractivity contribution in [2.45, 2.75) is 6.92 Å². The van der Waals surface area contributed by atoms with Crippen molar-refractivity contribution < 1.29 is 4.57 Å². The van der Waals surface area contributed by atoms with Gasteiger partial charge in [-0.15, -0.1) is 0 Å². The number of hydrogen-bond acceptors (Lipinski definition) is 4. The first-order valence-corrected chi connectivity index (χ1v) is 6.95. The Morgan fingerprint density at radius 2 is 2.05 bits per heavy atom. The van der Waals surface area contributed by atoms with Gasteiger partial charge in [0.25, 0.3) is 0 Å². The lowest BCUT2D eigenvalue weighted by atomic mass is 10.2. The van der Waals surface area contributed by atoms with Crippen molar-refractivity contribution in [2.75, 3.05) is 19.0 Å². The van der Waals surface area contributed by atoms with Gasteiger partial charge in [0.05, 0.1) is 18.7 Å². The van der Waals surface area contributed by atoms with Crippen LogP contribution in [-0.2, 0) is 7.05 Å². The van der Waals surface area contributed by atoms with Gasteiger partial charge in [0.2, 0.25) is 5.69 Å². The number of nitrogens with zero attached hydrogens (tertiary/aromatic N) is 5. The molecule has 0 aliphatic rings. The SMILES string of the molecule is [C-]#[N+]c1cc(N(C)C)ccc1N=Nc1scc(C)[n+]1C. The van der Waals surface area contributed by atoms with Crippen molar-refractivity contribution in [1.82, 2.24) is 0 Å². The lowest BCUT2D eigenvalue weighted by Crippen LogP contribution is -2.28. The molecule has 0 saturated carbocycles. The second-order valence-electron chi connectivity index (χ2n) is 4.60. The molecule has 0 spiro atoms. The van der Waals surface area contributed by atoms with Gasteiger partial charge in [-0.25, -0.2) is 9.41 Å². The largest absolute Gasteiger partial charge is 0.408 e. The summed E-state index contributed by atoms with van der Waals surface area (Å²) in [7, 11) is 5.84. The predicted octanol–water partition coefficient (Wildman–Crippen LogP) is 3.91. The van der Waals surface area contributed by atoms with Crippen LogP contribution in [0.15, 0.2) is 33.8 Å². The van der Waals surface area contributed by atoms with Crippen LogP contribution >= 0.6 is 11.3 Å². The smallest absolute Gasteiger partial charge is 0.379 e. The van der Waals surface area contributed by atoms with Gasteiger partial charge in [-0.1, -0.05) is 0 Å². The Labute approximate surface area is 122 Å². The van der Waals surface area contributed by atoms with Gasteiger partial charge in [-0.05, 0) is 41.6 Å². The van der Waals surface area contributed by atoms with Crippen LogP contribution in [0.4, 0.5) is 22.2 Å². The van der Waals surface area contributed by atoms with Gasteiger partial charge in [-0.3, -0.25) is 0 Å². The van der Waals surface area contributed by atoms with Crippen molar-refractivity contribution in [3.8, 4) is 0 Å². The molecule has 0 saturated heterocycles. The molecule has 2 aromatic rings. The molecule has 6 heteroatoms. The molecule has 1 aromatic heterocycles. The first-order chi connectivity index (χ1) is 9.52. The van der Waals surface area contributed by atoms with Gasteiger partial charge in [0, 0.05) is 25.2 Å². The van der Waals surface area contributed by atoms with Crippen molar-refractivity contribution in [1.29, 1.82) is 0 Å². The average Bonchev–Trinajstić information content (AvgIpc) is 2.76. The van der Waals surface area contributed by atoms with Gasteiger partial charge in [-0.2, -0.15) is 0 Å². The molecular weight excluding hydrogens is 270 g/mol. The molecule has 0 unspecified atom stereocenters. The Kier molecular flexibility index (Phi) is 4.11. The van der Waals surface area contributed by atoms with Crippen LogP contribution in [0.25, 0.3) is 4.85 Å².